The summed E-state index contributed by atoms with van der Waals surface area (Å²) in [5, 5.41) is 3.16. The molecule has 0 aliphatic carbocycles. The van der Waals surface area contributed by atoms with E-state index in [4.69, 9.17) is 0 Å². The van der Waals surface area contributed by atoms with Crippen molar-refractivity contribution < 1.29 is 22.4 Å². The minimum absolute atomic E-state index is 0.212. The smallest absolute Gasteiger partial charge is 0.349 e. The standard InChI is InChI=1S/C13H14BrF4NO/c1-2-9(5-6-14)19-12(20)10-7-8(13(16,17)18)3-4-11(10)15/h3-4,7,9H,2,5-6H2,1H3,(H,19,20). The average Bonchev–Trinajstić information content (AvgIpc) is 2.37. The van der Waals surface area contributed by atoms with E-state index in [9.17, 15) is 22.4 Å². The van der Waals surface area contributed by atoms with Gasteiger partial charge in [-0.2, -0.15) is 13.2 Å². The van der Waals surface area contributed by atoms with Crippen LogP contribution in [0.15, 0.2) is 18.2 Å². The fourth-order valence-corrected chi connectivity index (χ4v) is 2.20. The lowest BCUT2D eigenvalue weighted by atomic mass is 10.1. The van der Waals surface area contributed by atoms with Gasteiger partial charge in [0.15, 0.2) is 0 Å². The first-order chi connectivity index (χ1) is 9.29. The topological polar surface area (TPSA) is 29.1 Å². The number of hydrogen-bond donors (Lipinski definition) is 1. The fraction of sp³-hybridized carbons (Fsp3) is 0.462. The Kier molecular flexibility index (Phi) is 5.98. The van der Waals surface area contributed by atoms with Gasteiger partial charge in [-0.3, -0.25) is 4.79 Å². The largest absolute Gasteiger partial charge is 0.416 e. The first-order valence-corrected chi connectivity index (χ1v) is 7.15. The van der Waals surface area contributed by atoms with E-state index in [2.05, 4.69) is 21.2 Å². The number of halogens is 5. The molecule has 0 heterocycles. The molecule has 1 N–H and O–H groups in total. The van der Waals surface area contributed by atoms with E-state index in [0.717, 1.165) is 0 Å². The van der Waals surface area contributed by atoms with E-state index < -0.39 is 29.0 Å². The lowest BCUT2D eigenvalue weighted by Crippen LogP contribution is -2.35. The number of alkyl halides is 4. The number of amides is 1. The molecule has 0 fully saturated rings. The number of nitrogens with one attached hydrogen (secondary N) is 1. The molecular formula is C13H14BrF4NO. The van der Waals surface area contributed by atoms with Crippen molar-refractivity contribution in [1.29, 1.82) is 0 Å². The zero-order valence-corrected chi connectivity index (χ0v) is 12.3. The van der Waals surface area contributed by atoms with Crippen LogP contribution >= 0.6 is 15.9 Å². The Bertz CT molecular complexity index is 476. The summed E-state index contributed by atoms with van der Waals surface area (Å²) in [4.78, 5) is 11.9. The molecule has 1 aromatic carbocycles. The van der Waals surface area contributed by atoms with Crippen LogP contribution in [0.5, 0.6) is 0 Å². The minimum atomic E-state index is -4.61. The predicted molar refractivity (Wildman–Crippen MR) is 71.4 cm³/mol. The molecule has 1 atom stereocenters. The van der Waals surface area contributed by atoms with Crippen molar-refractivity contribution in [2.45, 2.75) is 32.0 Å². The van der Waals surface area contributed by atoms with Crippen LogP contribution < -0.4 is 5.32 Å². The van der Waals surface area contributed by atoms with Gasteiger partial charge in [0.25, 0.3) is 5.91 Å². The molecular weight excluding hydrogens is 342 g/mol. The summed E-state index contributed by atoms with van der Waals surface area (Å²) in [6, 6.07) is 1.59. The van der Waals surface area contributed by atoms with Gasteiger partial charge in [-0.05, 0) is 31.0 Å². The number of hydrogen-bond acceptors (Lipinski definition) is 1. The maximum Gasteiger partial charge on any atom is 0.416 e. The van der Waals surface area contributed by atoms with Crippen molar-refractivity contribution in [3.63, 3.8) is 0 Å². The van der Waals surface area contributed by atoms with Crippen LogP contribution in [0.1, 0.15) is 35.7 Å². The third-order valence-corrected chi connectivity index (χ3v) is 3.28. The summed E-state index contributed by atoms with van der Waals surface area (Å²) in [5.74, 6) is -1.80. The summed E-state index contributed by atoms with van der Waals surface area (Å²) in [6.07, 6.45) is -3.39. The lowest BCUT2D eigenvalue weighted by molar-refractivity contribution is -0.137. The Balaban J connectivity index is 2.97. The van der Waals surface area contributed by atoms with E-state index in [1.54, 1.807) is 0 Å². The van der Waals surface area contributed by atoms with E-state index in [0.29, 0.717) is 36.4 Å². The Labute approximate surface area is 122 Å². The van der Waals surface area contributed by atoms with Crippen molar-refractivity contribution in [3.05, 3.63) is 35.1 Å². The quantitative estimate of drug-likeness (QED) is 0.624. The summed E-state index contributed by atoms with van der Waals surface area (Å²) < 4.78 is 51.2. The molecule has 1 amide bonds. The maximum atomic E-state index is 13.5. The van der Waals surface area contributed by atoms with Gasteiger partial charge in [0.2, 0.25) is 0 Å². The highest BCUT2D eigenvalue weighted by molar-refractivity contribution is 9.09. The predicted octanol–water partition coefficient (Wildman–Crippen LogP) is 4.14. The second-order valence-electron chi connectivity index (χ2n) is 4.25. The van der Waals surface area contributed by atoms with Gasteiger partial charge >= 0.3 is 6.18 Å². The van der Waals surface area contributed by atoms with E-state index in [-0.39, 0.29) is 6.04 Å². The molecule has 20 heavy (non-hydrogen) atoms. The Morgan fingerprint density at radius 2 is 2.05 bits per heavy atom. The molecule has 0 spiro atoms. The van der Waals surface area contributed by atoms with Crippen LogP contribution in [0.3, 0.4) is 0 Å². The van der Waals surface area contributed by atoms with Gasteiger partial charge in [0.05, 0.1) is 11.1 Å². The molecule has 0 aromatic heterocycles. The van der Waals surface area contributed by atoms with E-state index in [1.807, 2.05) is 6.92 Å². The Morgan fingerprint density at radius 3 is 2.55 bits per heavy atom. The van der Waals surface area contributed by atoms with Crippen molar-refractivity contribution >= 4 is 21.8 Å². The average molecular weight is 356 g/mol. The molecule has 1 rings (SSSR count). The number of rotatable bonds is 5. The molecule has 1 unspecified atom stereocenters. The van der Waals surface area contributed by atoms with Gasteiger partial charge in [0, 0.05) is 11.4 Å². The Morgan fingerprint density at radius 1 is 1.40 bits per heavy atom. The van der Waals surface area contributed by atoms with Crippen LogP contribution in [-0.2, 0) is 6.18 Å². The molecule has 0 aliphatic rings. The normalized spacial score (nSPS) is 13.1. The SMILES string of the molecule is CCC(CCBr)NC(=O)c1cc(C(F)(F)F)ccc1F. The second-order valence-corrected chi connectivity index (χ2v) is 5.04. The van der Waals surface area contributed by atoms with Gasteiger partial charge in [0.1, 0.15) is 5.82 Å². The van der Waals surface area contributed by atoms with Gasteiger partial charge in [-0.25, -0.2) is 4.39 Å². The zero-order valence-electron chi connectivity index (χ0n) is 10.7. The molecule has 0 aliphatic heterocycles. The van der Waals surface area contributed by atoms with Gasteiger partial charge < -0.3 is 5.32 Å². The zero-order chi connectivity index (χ0) is 15.3. The number of carbonyl (C=O) groups is 1. The van der Waals surface area contributed by atoms with E-state index >= 15 is 0 Å². The molecule has 1 aromatic rings. The summed E-state index contributed by atoms with van der Waals surface area (Å²) >= 11 is 3.22. The maximum absolute atomic E-state index is 13.5. The third kappa shape index (κ3) is 4.47. The summed E-state index contributed by atoms with van der Waals surface area (Å²) in [6.45, 7) is 1.83. The number of benzene rings is 1. The number of carbonyl (C=O) groups excluding carboxylic acids is 1. The molecule has 7 heteroatoms. The first-order valence-electron chi connectivity index (χ1n) is 6.03. The highest BCUT2D eigenvalue weighted by Crippen LogP contribution is 2.30. The van der Waals surface area contributed by atoms with Crippen LogP contribution in [0.25, 0.3) is 0 Å². The van der Waals surface area contributed by atoms with Gasteiger partial charge in [-0.1, -0.05) is 22.9 Å². The molecule has 0 saturated heterocycles. The van der Waals surface area contributed by atoms with Crippen LogP contribution in [-0.4, -0.2) is 17.3 Å². The minimum Gasteiger partial charge on any atom is -0.349 e. The van der Waals surface area contributed by atoms with E-state index in [1.165, 1.54) is 0 Å². The van der Waals surface area contributed by atoms with Crippen molar-refractivity contribution in [1.82, 2.24) is 5.32 Å². The van der Waals surface area contributed by atoms with Gasteiger partial charge in [-0.15, -0.1) is 0 Å². The third-order valence-electron chi connectivity index (χ3n) is 2.82. The monoisotopic (exact) mass is 355 g/mol. The fourth-order valence-electron chi connectivity index (χ4n) is 1.65. The van der Waals surface area contributed by atoms with Crippen LogP contribution in [0, 0.1) is 5.82 Å². The van der Waals surface area contributed by atoms with Crippen molar-refractivity contribution in [2.24, 2.45) is 0 Å². The molecule has 2 nitrogen and oxygen atoms in total. The first kappa shape index (κ1) is 16.9. The van der Waals surface area contributed by atoms with Crippen molar-refractivity contribution in [3.8, 4) is 0 Å². The van der Waals surface area contributed by atoms with Crippen LogP contribution in [0.4, 0.5) is 17.6 Å². The Hall–Kier alpha value is -1.11. The molecule has 112 valence electrons. The van der Waals surface area contributed by atoms with Crippen molar-refractivity contribution in [2.75, 3.05) is 5.33 Å². The highest BCUT2D eigenvalue weighted by atomic mass is 79.9. The highest BCUT2D eigenvalue weighted by Gasteiger charge is 2.32. The lowest BCUT2D eigenvalue weighted by Gasteiger charge is -2.16. The summed E-state index contributed by atoms with van der Waals surface area (Å²) in [7, 11) is 0. The second kappa shape index (κ2) is 7.06. The summed E-state index contributed by atoms with van der Waals surface area (Å²) in [5.41, 5.74) is -1.63. The molecule has 0 bridgehead atoms. The molecule has 0 saturated carbocycles. The van der Waals surface area contributed by atoms with Crippen LogP contribution in [0.2, 0.25) is 0 Å². The molecule has 0 radical (unpaired) electrons.